The van der Waals surface area contributed by atoms with Crippen LogP contribution < -0.4 is 10.6 Å². The Morgan fingerprint density at radius 2 is 2.00 bits per heavy atom. The average Bonchev–Trinajstić information content (AvgIpc) is 2.98. The fraction of sp³-hybridized carbons (Fsp3) is 0.900. The lowest BCUT2D eigenvalue weighted by Gasteiger charge is -2.30. The minimum atomic E-state index is -0.445. The Labute approximate surface area is 85.1 Å². The van der Waals surface area contributed by atoms with Crippen LogP contribution in [0.4, 0.5) is 4.79 Å². The quantitative estimate of drug-likeness (QED) is 0.620. The molecule has 0 unspecified atom stereocenters. The van der Waals surface area contributed by atoms with Gasteiger partial charge in [-0.25, -0.2) is 4.79 Å². The lowest BCUT2D eigenvalue weighted by molar-refractivity contribution is 0.151. The van der Waals surface area contributed by atoms with Crippen molar-refractivity contribution in [2.24, 2.45) is 0 Å². The normalized spacial score (nSPS) is 16.5. The molecule has 2 amide bonds. The molecule has 0 radical (unpaired) electrons. The number of urea groups is 1. The van der Waals surface area contributed by atoms with E-state index in [1.165, 1.54) is 0 Å². The van der Waals surface area contributed by atoms with Crippen molar-refractivity contribution in [2.75, 3.05) is 6.61 Å². The molecule has 1 saturated carbocycles. The van der Waals surface area contributed by atoms with Gasteiger partial charge in [0.15, 0.2) is 0 Å². The summed E-state index contributed by atoms with van der Waals surface area (Å²) in [6.07, 6.45) is 3.66. The molecule has 0 aromatic heterocycles. The number of aliphatic hydroxyl groups is 1. The zero-order valence-electron chi connectivity index (χ0n) is 8.97. The Bertz CT molecular complexity index is 190. The van der Waals surface area contributed by atoms with E-state index in [4.69, 9.17) is 0 Å². The highest BCUT2D eigenvalue weighted by Crippen LogP contribution is 2.19. The Kier molecular flexibility index (Phi) is 3.75. The molecule has 1 fully saturated rings. The van der Waals surface area contributed by atoms with Gasteiger partial charge in [-0.1, -0.05) is 13.8 Å². The second kappa shape index (κ2) is 4.64. The fourth-order valence-electron chi connectivity index (χ4n) is 1.38. The van der Waals surface area contributed by atoms with Crippen molar-refractivity contribution in [2.45, 2.75) is 51.1 Å². The van der Waals surface area contributed by atoms with Gasteiger partial charge in [-0.2, -0.15) is 0 Å². The molecule has 4 nitrogen and oxygen atoms in total. The summed E-state index contributed by atoms with van der Waals surface area (Å²) in [7, 11) is 0. The van der Waals surface area contributed by atoms with E-state index in [0.717, 1.165) is 25.7 Å². The Balaban J connectivity index is 2.40. The number of nitrogens with one attached hydrogen (secondary N) is 2. The van der Waals surface area contributed by atoms with E-state index in [-0.39, 0.29) is 12.6 Å². The summed E-state index contributed by atoms with van der Waals surface area (Å²) < 4.78 is 0. The minimum absolute atomic E-state index is 0.00190. The first kappa shape index (κ1) is 11.3. The highest BCUT2D eigenvalue weighted by Gasteiger charge is 2.30. The van der Waals surface area contributed by atoms with Gasteiger partial charge in [0.25, 0.3) is 0 Å². The van der Waals surface area contributed by atoms with Gasteiger partial charge in [-0.05, 0) is 25.7 Å². The van der Waals surface area contributed by atoms with Crippen molar-refractivity contribution < 1.29 is 9.90 Å². The third-order valence-corrected chi connectivity index (χ3v) is 2.95. The van der Waals surface area contributed by atoms with E-state index in [1.54, 1.807) is 0 Å². The average molecular weight is 200 g/mol. The molecule has 0 aromatic rings. The van der Waals surface area contributed by atoms with Crippen molar-refractivity contribution in [3.8, 4) is 0 Å². The molecule has 0 aromatic carbocycles. The van der Waals surface area contributed by atoms with Crippen molar-refractivity contribution in [1.82, 2.24) is 10.6 Å². The monoisotopic (exact) mass is 200 g/mol. The van der Waals surface area contributed by atoms with Crippen molar-refractivity contribution in [3.63, 3.8) is 0 Å². The summed E-state index contributed by atoms with van der Waals surface area (Å²) in [6.45, 7) is 3.94. The molecule has 0 atom stereocenters. The van der Waals surface area contributed by atoms with E-state index in [1.807, 2.05) is 13.8 Å². The predicted molar refractivity (Wildman–Crippen MR) is 55.1 cm³/mol. The van der Waals surface area contributed by atoms with Crippen LogP contribution in [0.3, 0.4) is 0 Å². The van der Waals surface area contributed by atoms with Gasteiger partial charge >= 0.3 is 6.03 Å². The summed E-state index contributed by atoms with van der Waals surface area (Å²) in [5.41, 5.74) is -0.445. The molecule has 0 saturated heterocycles. The van der Waals surface area contributed by atoms with Crippen LogP contribution in [0.25, 0.3) is 0 Å². The number of carbonyl (C=O) groups excluding carboxylic acids is 1. The first-order chi connectivity index (χ1) is 6.65. The van der Waals surface area contributed by atoms with Crippen molar-refractivity contribution in [3.05, 3.63) is 0 Å². The molecule has 1 rings (SSSR count). The molecule has 0 bridgehead atoms. The molecule has 4 heteroatoms. The molecule has 0 spiro atoms. The molecule has 1 aliphatic rings. The lowest BCUT2D eigenvalue weighted by Crippen LogP contribution is -2.54. The molecular weight excluding hydrogens is 180 g/mol. The first-order valence-corrected chi connectivity index (χ1v) is 5.35. The molecule has 82 valence electrons. The summed E-state index contributed by atoms with van der Waals surface area (Å²) in [4.78, 5) is 11.5. The van der Waals surface area contributed by atoms with Crippen LogP contribution in [-0.2, 0) is 0 Å². The summed E-state index contributed by atoms with van der Waals surface area (Å²) in [5.74, 6) is 0. The maximum Gasteiger partial charge on any atom is 0.315 e. The number of amides is 2. The van der Waals surface area contributed by atoms with E-state index in [2.05, 4.69) is 10.6 Å². The molecule has 1 aliphatic carbocycles. The van der Waals surface area contributed by atoms with Crippen LogP contribution in [0.15, 0.2) is 0 Å². The first-order valence-electron chi connectivity index (χ1n) is 5.35. The van der Waals surface area contributed by atoms with E-state index >= 15 is 0 Å². The zero-order valence-corrected chi connectivity index (χ0v) is 8.97. The van der Waals surface area contributed by atoms with E-state index < -0.39 is 5.54 Å². The summed E-state index contributed by atoms with van der Waals surface area (Å²) >= 11 is 0. The number of hydrogen-bond acceptors (Lipinski definition) is 2. The largest absolute Gasteiger partial charge is 0.394 e. The maximum absolute atomic E-state index is 11.5. The predicted octanol–water partition coefficient (Wildman–Crippen LogP) is 0.999. The Morgan fingerprint density at radius 3 is 2.36 bits per heavy atom. The van der Waals surface area contributed by atoms with Crippen LogP contribution >= 0.6 is 0 Å². The summed E-state index contributed by atoms with van der Waals surface area (Å²) in [6, 6.07) is 0.213. The van der Waals surface area contributed by atoms with Crippen LogP contribution in [0.1, 0.15) is 39.5 Å². The smallest absolute Gasteiger partial charge is 0.315 e. The second-order valence-electron chi connectivity index (χ2n) is 4.02. The maximum atomic E-state index is 11.5. The third kappa shape index (κ3) is 2.87. The van der Waals surface area contributed by atoms with Crippen LogP contribution in [0, 0.1) is 0 Å². The van der Waals surface area contributed by atoms with Crippen LogP contribution in [0.2, 0.25) is 0 Å². The number of hydrogen-bond donors (Lipinski definition) is 3. The van der Waals surface area contributed by atoms with Crippen molar-refractivity contribution >= 4 is 6.03 Å². The van der Waals surface area contributed by atoms with Gasteiger partial charge in [0.05, 0.1) is 12.1 Å². The lowest BCUT2D eigenvalue weighted by atomic mass is 9.94. The van der Waals surface area contributed by atoms with Crippen LogP contribution in [0.5, 0.6) is 0 Å². The van der Waals surface area contributed by atoms with Crippen molar-refractivity contribution in [1.29, 1.82) is 0 Å². The van der Waals surface area contributed by atoms with Gasteiger partial charge in [0, 0.05) is 6.04 Å². The minimum Gasteiger partial charge on any atom is -0.394 e. The van der Waals surface area contributed by atoms with Crippen LogP contribution in [-0.4, -0.2) is 29.3 Å². The number of carbonyl (C=O) groups is 1. The molecule has 0 heterocycles. The summed E-state index contributed by atoms with van der Waals surface area (Å²) in [5, 5.41) is 14.9. The second-order valence-corrected chi connectivity index (χ2v) is 4.02. The molecule has 0 aliphatic heterocycles. The Morgan fingerprint density at radius 1 is 1.43 bits per heavy atom. The standard InChI is InChI=1S/C10H20N2O2/c1-3-10(4-2,7-13)12-9(14)11-8-5-6-8/h8,13H,3-7H2,1-2H3,(H2,11,12,14). The molecule has 14 heavy (non-hydrogen) atoms. The Hall–Kier alpha value is -0.770. The van der Waals surface area contributed by atoms with Gasteiger partial charge in [0.2, 0.25) is 0 Å². The zero-order chi connectivity index (χ0) is 10.6. The number of rotatable bonds is 5. The van der Waals surface area contributed by atoms with Gasteiger partial charge in [-0.3, -0.25) is 0 Å². The topological polar surface area (TPSA) is 61.4 Å². The van der Waals surface area contributed by atoms with E-state index in [0.29, 0.717) is 6.04 Å². The highest BCUT2D eigenvalue weighted by molar-refractivity contribution is 5.75. The third-order valence-electron chi connectivity index (χ3n) is 2.95. The molecule has 3 N–H and O–H groups in total. The SMILES string of the molecule is CCC(CC)(CO)NC(=O)NC1CC1. The van der Waals surface area contributed by atoms with Gasteiger partial charge in [0.1, 0.15) is 0 Å². The molecular formula is C10H20N2O2. The van der Waals surface area contributed by atoms with Gasteiger partial charge < -0.3 is 15.7 Å². The van der Waals surface area contributed by atoms with E-state index in [9.17, 15) is 9.90 Å². The van der Waals surface area contributed by atoms with Gasteiger partial charge in [-0.15, -0.1) is 0 Å². The highest BCUT2D eigenvalue weighted by atomic mass is 16.3. The fourth-order valence-corrected chi connectivity index (χ4v) is 1.38. The number of aliphatic hydroxyl groups excluding tert-OH is 1.